The van der Waals surface area contributed by atoms with E-state index >= 15 is 0 Å². The highest BCUT2D eigenvalue weighted by Crippen LogP contribution is 2.22. The first-order valence-electron chi connectivity index (χ1n) is 5.38. The van der Waals surface area contributed by atoms with Gasteiger partial charge in [-0.3, -0.25) is 4.79 Å². The fraction of sp³-hybridized carbons (Fsp3) is 0.417. The molecular formula is C12H16BrNO3. The van der Waals surface area contributed by atoms with Crippen molar-refractivity contribution >= 4 is 21.9 Å². The summed E-state index contributed by atoms with van der Waals surface area (Å²) in [5.74, 6) is 0.0748. The van der Waals surface area contributed by atoms with Crippen LogP contribution in [-0.2, 0) is 11.3 Å². The van der Waals surface area contributed by atoms with Gasteiger partial charge in [-0.15, -0.1) is 0 Å². The number of aliphatic carboxylic acids is 1. The van der Waals surface area contributed by atoms with Gasteiger partial charge in [0.05, 0.1) is 7.11 Å². The molecule has 0 saturated carbocycles. The number of carbonyl (C=O) groups is 1. The number of methoxy groups -OCH3 is 1. The number of halogens is 1. The maximum Gasteiger partial charge on any atom is 0.303 e. The Morgan fingerprint density at radius 1 is 1.53 bits per heavy atom. The van der Waals surface area contributed by atoms with Gasteiger partial charge in [0.25, 0.3) is 0 Å². The third-order valence-electron chi connectivity index (χ3n) is 2.30. The number of carboxylic acid groups (broad SMARTS) is 1. The second-order valence-electron chi connectivity index (χ2n) is 3.63. The van der Waals surface area contributed by atoms with Gasteiger partial charge in [-0.2, -0.15) is 0 Å². The lowest BCUT2D eigenvalue weighted by atomic mass is 10.2. The van der Waals surface area contributed by atoms with E-state index in [1.165, 1.54) is 0 Å². The van der Waals surface area contributed by atoms with Gasteiger partial charge in [-0.25, -0.2) is 0 Å². The first-order chi connectivity index (χ1) is 8.13. The zero-order chi connectivity index (χ0) is 12.7. The summed E-state index contributed by atoms with van der Waals surface area (Å²) in [7, 11) is 1.64. The molecule has 0 amide bonds. The summed E-state index contributed by atoms with van der Waals surface area (Å²) in [6.45, 7) is 1.35. The molecule has 1 rings (SSSR count). The Morgan fingerprint density at radius 2 is 2.29 bits per heavy atom. The summed E-state index contributed by atoms with van der Waals surface area (Å²) in [4.78, 5) is 10.3. The molecule has 0 bridgehead atoms. The van der Waals surface area contributed by atoms with E-state index in [4.69, 9.17) is 9.84 Å². The average Bonchev–Trinajstić information content (AvgIpc) is 2.28. The highest BCUT2D eigenvalue weighted by Gasteiger charge is 2.03. The van der Waals surface area contributed by atoms with Crippen molar-refractivity contribution in [3.05, 3.63) is 28.2 Å². The van der Waals surface area contributed by atoms with Gasteiger partial charge >= 0.3 is 5.97 Å². The Morgan fingerprint density at radius 3 is 2.94 bits per heavy atom. The molecular weight excluding hydrogens is 286 g/mol. The van der Waals surface area contributed by atoms with Gasteiger partial charge in [0, 0.05) is 23.0 Å². The highest BCUT2D eigenvalue weighted by molar-refractivity contribution is 9.10. The molecule has 0 aromatic heterocycles. The maximum absolute atomic E-state index is 10.3. The lowest BCUT2D eigenvalue weighted by Gasteiger charge is -2.09. The zero-order valence-electron chi connectivity index (χ0n) is 9.70. The van der Waals surface area contributed by atoms with Gasteiger partial charge < -0.3 is 15.2 Å². The van der Waals surface area contributed by atoms with Crippen LogP contribution in [0.4, 0.5) is 0 Å². The Labute approximate surface area is 109 Å². The van der Waals surface area contributed by atoms with Crippen LogP contribution in [0.1, 0.15) is 18.4 Å². The molecule has 0 spiro atoms. The summed E-state index contributed by atoms with van der Waals surface area (Å²) >= 11 is 3.41. The minimum absolute atomic E-state index is 0.197. The summed E-state index contributed by atoms with van der Waals surface area (Å²) in [5.41, 5.74) is 1.05. The van der Waals surface area contributed by atoms with Gasteiger partial charge in [-0.05, 0) is 31.2 Å². The van der Waals surface area contributed by atoms with E-state index in [1.807, 2.05) is 18.2 Å². The van der Waals surface area contributed by atoms with Crippen LogP contribution in [0.5, 0.6) is 5.75 Å². The molecule has 4 nitrogen and oxygen atoms in total. The average molecular weight is 302 g/mol. The van der Waals surface area contributed by atoms with E-state index in [1.54, 1.807) is 7.11 Å². The van der Waals surface area contributed by atoms with Crippen molar-refractivity contribution in [1.29, 1.82) is 0 Å². The van der Waals surface area contributed by atoms with Crippen molar-refractivity contribution in [2.24, 2.45) is 0 Å². The number of carboxylic acids is 1. The zero-order valence-corrected chi connectivity index (χ0v) is 11.3. The Hall–Kier alpha value is -1.07. The van der Waals surface area contributed by atoms with Crippen molar-refractivity contribution in [3.63, 3.8) is 0 Å². The summed E-state index contributed by atoms with van der Waals surface area (Å²) in [6, 6.07) is 5.81. The van der Waals surface area contributed by atoms with E-state index in [-0.39, 0.29) is 6.42 Å². The van der Waals surface area contributed by atoms with Crippen LogP contribution in [0, 0.1) is 0 Å². The molecule has 5 heteroatoms. The first kappa shape index (κ1) is 14.0. The van der Waals surface area contributed by atoms with Crippen LogP contribution in [0.3, 0.4) is 0 Å². The van der Waals surface area contributed by atoms with E-state index in [0.717, 1.165) is 15.8 Å². The standard InChI is InChI=1S/C12H16BrNO3/c1-17-11-5-4-10(13)7-9(11)8-14-6-2-3-12(15)16/h4-5,7,14H,2-3,6,8H2,1H3,(H,15,16). The van der Waals surface area contributed by atoms with Crippen molar-refractivity contribution < 1.29 is 14.6 Å². The second kappa shape index (κ2) is 7.29. The fourth-order valence-electron chi connectivity index (χ4n) is 1.47. The third-order valence-corrected chi connectivity index (χ3v) is 2.80. The van der Waals surface area contributed by atoms with Crippen molar-refractivity contribution in [1.82, 2.24) is 5.32 Å². The molecule has 0 heterocycles. The lowest BCUT2D eigenvalue weighted by molar-refractivity contribution is -0.137. The van der Waals surface area contributed by atoms with Gasteiger partial charge in [-0.1, -0.05) is 15.9 Å². The number of benzene rings is 1. The van der Waals surface area contributed by atoms with Crippen LogP contribution < -0.4 is 10.1 Å². The molecule has 1 aromatic carbocycles. The van der Waals surface area contributed by atoms with E-state index in [0.29, 0.717) is 19.5 Å². The van der Waals surface area contributed by atoms with E-state index < -0.39 is 5.97 Å². The van der Waals surface area contributed by atoms with Gasteiger partial charge in [0.1, 0.15) is 5.75 Å². The molecule has 94 valence electrons. The molecule has 0 aliphatic heterocycles. The predicted molar refractivity (Wildman–Crippen MR) is 69.3 cm³/mol. The van der Waals surface area contributed by atoms with E-state index in [2.05, 4.69) is 21.2 Å². The fourth-order valence-corrected chi connectivity index (χ4v) is 1.88. The number of nitrogens with one attached hydrogen (secondary N) is 1. The third kappa shape index (κ3) is 5.19. The normalized spacial score (nSPS) is 10.2. The van der Waals surface area contributed by atoms with Gasteiger partial charge in [0.2, 0.25) is 0 Å². The molecule has 0 aliphatic rings. The van der Waals surface area contributed by atoms with Crippen molar-refractivity contribution in [2.75, 3.05) is 13.7 Å². The van der Waals surface area contributed by atoms with Crippen LogP contribution >= 0.6 is 15.9 Å². The van der Waals surface area contributed by atoms with Crippen molar-refractivity contribution in [2.45, 2.75) is 19.4 Å². The molecule has 0 radical (unpaired) electrons. The number of ether oxygens (including phenoxy) is 1. The van der Waals surface area contributed by atoms with Crippen LogP contribution in [0.25, 0.3) is 0 Å². The molecule has 0 fully saturated rings. The Bertz CT molecular complexity index is 382. The maximum atomic E-state index is 10.3. The summed E-state index contributed by atoms with van der Waals surface area (Å²) in [6.07, 6.45) is 0.828. The topological polar surface area (TPSA) is 58.6 Å². The molecule has 0 atom stereocenters. The van der Waals surface area contributed by atoms with Gasteiger partial charge in [0.15, 0.2) is 0 Å². The molecule has 2 N–H and O–H groups in total. The largest absolute Gasteiger partial charge is 0.496 e. The predicted octanol–water partition coefficient (Wildman–Crippen LogP) is 2.41. The second-order valence-corrected chi connectivity index (χ2v) is 4.55. The monoisotopic (exact) mass is 301 g/mol. The number of hydrogen-bond donors (Lipinski definition) is 2. The quantitative estimate of drug-likeness (QED) is 0.759. The number of hydrogen-bond acceptors (Lipinski definition) is 3. The molecule has 17 heavy (non-hydrogen) atoms. The van der Waals surface area contributed by atoms with Crippen LogP contribution in [0.15, 0.2) is 22.7 Å². The molecule has 1 aromatic rings. The highest BCUT2D eigenvalue weighted by atomic mass is 79.9. The molecule has 0 aliphatic carbocycles. The summed E-state index contributed by atoms with van der Waals surface area (Å²) in [5, 5.41) is 11.7. The van der Waals surface area contributed by atoms with Crippen LogP contribution in [-0.4, -0.2) is 24.7 Å². The molecule has 0 unspecified atom stereocenters. The first-order valence-corrected chi connectivity index (χ1v) is 6.17. The lowest BCUT2D eigenvalue weighted by Crippen LogP contribution is -2.16. The molecule has 0 saturated heterocycles. The number of rotatable bonds is 7. The van der Waals surface area contributed by atoms with Crippen molar-refractivity contribution in [3.8, 4) is 5.75 Å². The SMILES string of the molecule is COc1ccc(Br)cc1CNCCCC(=O)O. The Balaban J connectivity index is 2.40. The van der Waals surface area contributed by atoms with Crippen LogP contribution in [0.2, 0.25) is 0 Å². The minimum atomic E-state index is -0.758. The van der Waals surface area contributed by atoms with E-state index in [9.17, 15) is 4.79 Å². The minimum Gasteiger partial charge on any atom is -0.496 e. The Kier molecular flexibility index (Phi) is 6.00. The smallest absolute Gasteiger partial charge is 0.303 e. The summed E-state index contributed by atoms with van der Waals surface area (Å²) < 4.78 is 6.24.